The molecular formula is C11H14N2O2. The number of nitrogens with zero attached hydrogens (tertiary/aromatic N) is 2. The molecule has 1 heterocycles. The fraction of sp³-hybridized carbons (Fsp3) is 0.545. The molecule has 1 aromatic rings. The van der Waals surface area contributed by atoms with E-state index in [1.165, 1.54) is 0 Å². The minimum absolute atomic E-state index is 0.210. The first-order chi connectivity index (χ1) is 7.13. The van der Waals surface area contributed by atoms with Crippen LogP contribution in [0, 0.1) is 6.92 Å². The summed E-state index contributed by atoms with van der Waals surface area (Å²) >= 11 is 0. The molecule has 0 radical (unpaired) electrons. The van der Waals surface area contributed by atoms with Gasteiger partial charge in [-0.2, -0.15) is 0 Å². The Bertz CT molecular complexity index is 411. The maximum atomic E-state index is 11.1. The first-order valence-electron chi connectivity index (χ1n) is 5.24. The maximum absolute atomic E-state index is 11.1. The van der Waals surface area contributed by atoms with E-state index in [0.717, 1.165) is 24.1 Å². The van der Waals surface area contributed by atoms with Crippen LogP contribution in [0.15, 0.2) is 0 Å². The van der Waals surface area contributed by atoms with E-state index in [2.05, 4.69) is 9.97 Å². The first kappa shape index (κ1) is 10.1. The molecule has 0 aliphatic heterocycles. The van der Waals surface area contributed by atoms with Crippen LogP contribution in [0.1, 0.15) is 53.3 Å². The van der Waals surface area contributed by atoms with Crippen LogP contribution in [0.5, 0.6) is 0 Å². The summed E-state index contributed by atoms with van der Waals surface area (Å²) in [4.78, 5) is 19.5. The summed E-state index contributed by atoms with van der Waals surface area (Å²) in [5.74, 6) is 0.0633. The van der Waals surface area contributed by atoms with Crippen molar-refractivity contribution in [3.05, 3.63) is 22.8 Å². The lowest BCUT2D eigenvalue weighted by molar-refractivity contribution is 0.0688. The smallest absolute Gasteiger partial charge is 0.354 e. The van der Waals surface area contributed by atoms with Gasteiger partial charge in [0.1, 0.15) is 5.82 Å². The lowest BCUT2D eigenvalue weighted by Gasteiger charge is -2.08. The van der Waals surface area contributed by atoms with Crippen LogP contribution < -0.4 is 0 Å². The summed E-state index contributed by atoms with van der Waals surface area (Å²) in [5.41, 5.74) is 1.89. The van der Waals surface area contributed by atoms with E-state index in [0.29, 0.717) is 18.2 Å². The highest BCUT2D eigenvalue weighted by Crippen LogP contribution is 2.42. The molecule has 80 valence electrons. The molecule has 1 aliphatic rings. The molecule has 0 bridgehead atoms. The van der Waals surface area contributed by atoms with Crippen LogP contribution in [0.3, 0.4) is 0 Å². The molecule has 1 aromatic heterocycles. The molecule has 1 saturated carbocycles. The second kappa shape index (κ2) is 3.61. The van der Waals surface area contributed by atoms with E-state index in [9.17, 15) is 4.79 Å². The number of carboxylic acids is 1. The number of aryl methyl sites for hydroxylation is 2. The van der Waals surface area contributed by atoms with Crippen molar-refractivity contribution >= 4 is 5.97 Å². The summed E-state index contributed by atoms with van der Waals surface area (Å²) in [6.45, 7) is 3.80. The highest BCUT2D eigenvalue weighted by atomic mass is 16.4. The van der Waals surface area contributed by atoms with Crippen molar-refractivity contribution in [2.75, 3.05) is 0 Å². The largest absolute Gasteiger partial charge is 0.476 e. The number of rotatable bonds is 3. The molecule has 4 nitrogen and oxygen atoms in total. The lowest BCUT2D eigenvalue weighted by atomic mass is 10.1. The van der Waals surface area contributed by atoms with E-state index >= 15 is 0 Å². The molecule has 4 heteroatoms. The van der Waals surface area contributed by atoms with E-state index in [1.54, 1.807) is 0 Å². The van der Waals surface area contributed by atoms with E-state index in [-0.39, 0.29) is 5.69 Å². The highest BCUT2D eigenvalue weighted by molar-refractivity contribution is 5.87. The van der Waals surface area contributed by atoms with Crippen LogP contribution in [-0.4, -0.2) is 21.0 Å². The summed E-state index contributed by atoms with van der Waals surface area (Å²) in [5, 5.41) is 9.10. The van der Waals surface area contributed by atoms with Gasteiger partial charge < -0.3 is 5.11 Å². The van der Waals surface area contributed by atoms with Crippen molar-refractivity contribution in [2.24, 2.45) is 0 Å². The normalized spacial score (nSPS) is 15.3. The Labute approximate surface area is 88.4 Å². The van der Waals surface area contributed by atoms with Gasteiger partial charge in [-0.25, -0.2) is 14.8 Å². The predicted octanol–water partition coefficient (Wildman–Crippen LogP) is 1.92. The molecule has 1 aliphatic carbocycles. The molecule has 1 fully saturated rings. The first-order valence-corrected chi connectivity index (χ1v) is 5.24. The summed E-state index contributed by atoms with van der Waals surface area (Å²) in [7, 11) is 0. The zero-order valence-corrected chi connectivity index (χ0v) is 8.95. The Balaban J connectivity index is 2.55. The van der Waals surface area contributed by atoms with Crippen LogP contribution in [0.4, 0.5) is 0 Å². The Morgan fingerprint density at radius 3 is 2.60 bits per heavy atom. The molecule has 0 atom stereocenters. The van der Waals surface area contributed by atoms with E-state index < -0.39 is 5.97 Å². The molecule has 0 spiro atoms. The maximum Gasteiger partial charge on any atom is 0.354 e. The summed E-state index contributed by atoms with van der Waals surface area (Å²) in [6.07, 6.45) is 2.80. The quantitative estimate of drug-likeness (QED) is 0.820. The number of hydrogen-bond donors (Lipinski definition) is 1. The van der Waals surface area contributed by atoms with Crippen LogP contribution in [0.2, 0.25) is 0 Å². The average molecular weight is 206 g/mol. The van der Waals surface area contributed by atoms with Gasteiger partial charge >= 0.3 is 5.97 Å². The zero-order valence-electron chi connectivity index (χ0n) is 8.95. The van der Waals surface area contributed by atoms with Crippen molar-refractivity contribution in [3.8, 4) is 0 Å². The minimum Gasteiger partial charge on any atom is -0.476 e. The van der Waals surface area contributed by atoms with Gasteiger partial charge in [-0.15, -0.1) is 0 Å². The van der Waals surface area contributed by atoms with Crippen LogP contribution in [-0.2, 0) is 6.42 Å². The topological polar surface area (TPSA) is 63.1 Å². The molecule has 0 amide bonds. The number of carboxylic acid groups (broad SMARTS) is 1. The number of aromatic nitrogens is 2. The standard InChI is InChI=1S/C11H14N2O2/c1-3-8-12-6(2)9(7-4-5-7)10(13-8)11(14)15/h7H,3-5H2,1-2H3,(H,14,15). The molecular weight excluding hydrogens is 192 g/mol. The van der Waals surface area contributed by atoms with Crippen molar-refractivity contribution in [1.82, 2.24) is 9.97 Å². The van der Waals surface area contributed by atoms with Crippen LogP contribution in [0.25, 0.3) is 0 Å². The molecule has 0 unspecified atom stereocenters. The Morgan fingerprint density at radius 2 is 2.13 bits per heavy atom. The number of carbonyl (C=O) groups is 1. The molecule has 0 aromatic carbocycles. The average Bonchev–Trinajstić information content (AvgIpc) is 2.99. The predicted molar refractivity (Wildman–Crippen MR) is 55.1 cm³/mol. The number of hydrogen-bond acceptors (Lipinski definition) is 3. The second-order valence-electron chi connectivity index (χ2n) is 3.92. The third kappa shape index (κ3) is 1.84. The zero-order chi connectivity index (χ0) is 11.0. The van der Waals surface area contributed by atoms with E-state index in [1.807, 2.05) is 13.8 Å². The third-order valence-electron chi connectivity index (χ3n) is 2.69. The Hall–Kier alpha value is -1.45. The van der Waals surface area contributed by atoms with Gasteiger partial charge in [0.15, 0.2) is 5.69 Å². The Morgan fingerprint density at radius 1 is 1.47 bits per heavy atom. The number of aromatic carboxylic acids is 1. The Kier molecular flexibility index (Phi) is 2.42. The highest BCUT2D eigenvalue weighted by Gasteiger charge is 2.31. The van der Waals surface area contributed by atoms with Crippen molar-refractivity contribution in [2.45, 2.75) is 39.0 Å². The second-order valence-corrected chi connectivity index (χ2v) is 3.92. The van der Waals surface area contributed by atoms with Gasteiger partial charge in [-0.05, 0) is 25.7 Å². The van der Waals surface area contributed by atoms with Gasteiger partial charge in [0.2, 0.25) is 0 Å². The molecule has 2 rings (SSSR count). The van der Waals surface area contributed by atoms with Crippen molar-refractivity contribution < 1.29 is 9.90 Å². The van der Waals surface area contributed by atoms with E-state index in [4.69, 9.17) is 5.11 Å². The van der Waals surface area contributed by atoms with Crippen molar-refractivity contribution in [3.63, 3.8) is 0 Å². The SMILES string of the molecule is CCc1nc(C)c(C2CC2)c(C(=O)O)n1. The monoisotopic (exact) mass is 206 g/mol. The minimum atomic E-state index is -0.933. The van der Waals surface area contributed by atoms with Gasteiger partial charge in [-0.3, -0.25) is 0 Å². The molecule has 0 saturated heterocycles. The lowest BCUT2D eigenvalue weighted by Crippen LogP contribution is -2.11. The van der Waals surface area contributed by atoms with Crippen LogP contribution >= 0.6 is 0 Å². The summed E-state index contributed by atoms with van der Waals surface area (Å²) in [6, 6.07) is 0. The third-order valence-corrected chi connectivity index (χ3v) is 2.69. The van der Waals surface area contributed by atoms with Gasteiger partial charge in [0.25, 0.3) is 0 Å². The van der Waals surface area contributed by atoms with Gasteiger partial charge in [-0.1, -0.05) is 6.92 Å². The fourth-order valence-corrected chi connectivity index (χ4v) is 1.82. The molecule has 1 N–H and O–H groups in total. The van der Waals surface area contributed by atoms with Gasteiger partial charge in [0.05, 0.1) is 0 Å². The van der Waals surface area contributed by atoms with Gasteiger partial charge in [0, 0.05) is 17.7 Å². The molecule has 15 heavy (non-hydrogen) atoms. The summed E-state index contributed by atoms with van der Waals surface area (Å²) < 4.78 is 0. The fourth-order valence-electron chi connectivity index (χ4n) is 1.82. The van der Waals surface area contributed by atoms with Crippen molar-refractivity contribution in [1.29, 1.82) is 0 Å².